The lowest BCUT2D eigenvalue weighted by Gasteiger charge is -2.32. The number of rotatable bonds is 6. The fraction of sp³-hybridized carbons (Fsp3) is 0.318. The molecule has 4 nitrogen and oxygen atoms in total. The number of benzene rings is 2. The topological polar surface area (TPSA) is 52.1 Å². The Morgan fingerprint density at radius 2 is 1.96 bits per heavy atom. The molecule has 1 aromatic heterocycles. The summed E-state index contributed by atoms with van der Waals surface area (Å²) >= 11 is 8.58. The molecule has 144 valence electrons. The standard InChI is InChI=1S/C22H20ClIN2O2/c1-2-28-20(27)22(13-14-8-9-14,15-6-4-3-5-7-15)19-17-12-16(24)10-11-18(17)25-21(23)26-19/h3-7,10-12,14H,2,8-9,13H2,1H3. The predicted octanol–water partition coefficient (Wildman–Crippen LogP) is 5.54. The summed E-state index contributed by atoms with van der Waals surface area (Å²) in [5.74, 6) is 0.194. The van der Waals surface area contributed by atoms with Gasteiger partial charge in [0.2, 0.25) is 5.28 Å². The zero-order valence-electron chi connectivity index (χ0n) is 15.5. The van der Waals surface area contributed by atoms with Gasteiger partial charge in [-0.2, -0.15) is 0 Å². The fourth-order valence-electron chi connectivity index (χ4n) is 3.78. The average Bonchev–Trinajstić information content (AvgIpc) is 3.51. The third kappa shape index (κ3) is 3.62. The van der Waals surface area contributed by atoms with Crippen molar-refractivity contribution in [3.63, 3.8) is 0 Å². The largest absolute Gasteiger partial charge is 0.465 e. The van der Waals surface area contributed by atoms with E-state index in [-0.39, 0.29) is 11.3 Å². The van der Waals surface area contributed by atoms with E-state index in [0.29, 0.717) is 24.6 Å². The minimum Gasteiger partial charge on any atom is -0.465 e. The summed E-state index contributed by atoms with van der Waals surface area (Å²) in [6.45, 7) is 2.14. The highest BCUT2D eigenvalue weighted by Crippen LogP contribution is 2.47. The first kappa shape index (κ1) is 19.6. The lowest BCUT2D eigenvalue weighted by molar-refractivity contribution is -0.149. The first-order valence-electron chi connectivity index (χ1n) is 9.40. The second kappa shape index (κ2) is 7.95. The Labute approximate surface area is 182 Å². The number of esters is 1. The fourth-order valence-corrected chi connectivity index (χ4v) is 4.45. The molecule has 1 aliphatic carbocycles. The molecule has 28 heavy (non-hydrogen) atoms. The SMILES string of the molecule is CCOC(=O)C(CC1CC1)(c1ccccc1)c1nc(Cl)nc2ccc(I)cc12. The van der Waals surface area contributed by atoms with Gasteiger partial charge in [0.05, 0.1) is 17.8 Å². The molecule has 0 N–H and O–H groups in total. The van der Waals surface area contributed by atoms with Crippen molar-refractivity contribution in [1.82, 2.24) is 9.97 Å². The van der Waals surface area contributed by atoms with Crippen molar-refractivity contribution >= 4 is 51.1 Å². The Morgan fingerprint density at radius 1 is 1.21 bits per heavy atom. The maximum absolute atomic E-state index is 13.5. The Balaban J connectivity index is 2.06. The molecule has 1 aliphatic rings. The summed E-state index contributed by atoms with van der Waals surface area (Å²) < 4.78 is 6.67. The predicted molar refractivity (Wildman–Crippen MR) is 118 cm³/mol. The van der Waals surface area contributed by atoms with Crippen molar-refractivity contribution in [2.24, 2.45) is 5.92 Å². The lowest BCUT2D eigenvalue weighted by Crippen LogP contribution is -2.40. The number of ether oxygens (including phenoxy) is 1. The highest BCUT2D eigenvalue weighted by atomic mass is 127. The van der Waals surface area contributed by atoms with Gasteiger partial charge in [-0.05, 0) is 77.2 Å². The van der Waals surface area contributed by atoms with E-state index in [9.17, 15) is 4.79 Å². The van der Waals surface area contributed by atoms with Crippen molar-refractivity contribution in [3.05, 3.63) is 68.6 Å². The third-order valence-corrected chi connectivity index (χ3v) is 6.06. The van der Waals surface area contributed by atoms with Crippen LogP contribution < -0.4 is 0 Å². The minimum absolute atomic E-state index is 0.143. The van der Waals surface area contributed by atoms with Crippen LogP contribution in [0.15, 0.2) is 48.5 Å². The number of halogens is 2. The molecule has 1 atom stereocenters. The van der Waals surface area contributed by atoms with E-state index in [0.717, 1.165) is 32.9 Å². The van der Waals surface area contributed by atoms with Crippen LogP contribution in [0, 0.1) is 9.49 Å². The summed E-state index contributed by atoms with van der Waals surface area (Å²) in [7, 11) is 0. The molecule has 0 spiro atoms. The molecular formula is C22H20ClIN2O2. The Hall–Kier alpha value is -1.73. The molecule has 3 aromatic rings. The Kier molecular flexibility index (Phi) is 5.56. The normalized spacial score (nSPS) is 16.0. The van der Waals surface area contributed by atoms with Gasteiger partial charge in [-0.3, -0.25) is 4.79 Å². The summed E-state index contributed by atoms with van der Waals surface area (Å²) in [5.41, 5.74) is 1.25. The van der Waals surface area contributed by atoms with Crippen LogP contribution in [0.1, 0.15) is 37.4 Å². The molecule has 0 radical (unpaired) electrons. The molecule has 1 unspecified atom stereocenters. The molecular weight excluding hydrogens is 487 g/mol. The van der Waals surface area contributed by atoms with E-state index in [4.69, 9.17) is 16.3 Å². The van der Waals surface area contributed by atoms with E-state index in [2.05, 4.69) is 32.6 Å². The van der Waals surface area contributed by atoms with Gasteiger partial charge in [0.25, 0.3) is 0 Å². The van der Waals surface area contributed by atoms with Crippen LogP contribution in [-0.2, 0) is 14.9 Å². The van der Waals surface area contributed by atoms with Crippen LogP contribution in [0.5, 0.6) is 0 Å². The van der Waals surface area contributed by atoms with Crippen LogP contribution in [0.3, 0.4) is 0 Å². The van der Waals surface area contributed by atoms with E-state index < -0.39 is 5.41 Å². The van der Waals surface area contributed by atoms with Crippen molar-refractivity contribution in [2.75, 3.05) is 6.61 Å². The smallest absolute Gasteiger partial charge is 0.322 e. The van der Waals surface area contributed by atoms with Crippen LogP contribution in [0.2, 0.25) is 5.28 Å². The first-order valence-corrected chi connectivity index (χ1v) is 10.9. The van der Waals surface area contributed by atoms with Gasteiger partial charge in [0, 0.05) is 8.96 Å². The van der Waals surface area contributed by atoms with Crippen LogP contribution >= 0.6 is 34.2 Å². The molecule has 0 amide bonds. The van der Waals surface area contributed by atoms with E-state index in [1.807, 2.05) is 55.5 Å². The molecule has 1 heterocycles. The first-order chi connectivity index (χ1) is 13.5. The number of hydrogen-bond acceptors (Lipinski definition) is 4. The summed E-state index contributed by atoms with van der Waals surface area (Å²) in [4.78, 5) is 22.6. The van der Waals surface area contributed by atoms with Crippen LogP contribution in [0.4, 0.5) is 0 Å². The second-order valence-electron chi connectivity index (χ2n) is 7.14. The average molecular weight is 507 g/mol. The summed E-state index contributed by atoms with van der Waals surface area (Å²) in [6.07, 6.45) is 2.88. The Morgan fingerprint density at radius 3 is 2.64 bits per heavy atom. The number of carbonyl (C=O) groups excluding carboxylic acids is 1. The van der Waals surface area contributed by atoms with Gasteiger partial charge in [-0.1, -0.05) is 43.2 Å². The second-order valence-corrected chi connectivity index (χ2v) is 8.73. The summed E-state index contributed by atoms with van der Waals surface area (Å²) in [6, 6.07) is 15.7. The van der Waals surface area contributed by atoms with Crippen molar-refractivity contribution in [2.45, 2.75) is 31.6 Å². The van der Waals surface area contributed by atoms with E-state index >= 15 is 0 Å². The number of nitrogens with zero attached hydrogens (tertiary/aromatic N) is 2. The highest BCUT2D eigenvalue weighted by Gasteiger charge is 2.49. The van der Waals surface area contributed by atoms with Gasteiger partial charge >= 0.3 is 5.97 Å². The van der Waals surface area contributed by atoms with Crippen molar-refractivity contribution in [1.29, 1.82) is 0 Å². The lowest BCUT2D eigenvalue weighted by atomic mass is 9.72. The van der Waals surface area contributed by atoms with Gasteiger partial charge in [-0.15, -0.1) is 0 Å². The van der Waals surface area contributed by atoms with Crippen LogP contribution in [-0.4, -0.2) is 22.5 Å². The molecule has 2 aromatic carbocycles. The quantitative estimate of drug-likeness (QED) is 0.250. The van der Waals surface area contributed by atoms with Gasteiger partial charge in [-0.25, -0.2) is 9.97 Å². The Bertz CT molecular complexity index is 1020. The van der Waals surface area contributed by atoms with Crippen molar-refractivity contribution in [3.8, 4) is 0 Å². The molecule has 0 saturated heterocycles. The molecule has 6 heteroatoms. The van der Waals surface area contributed by atoms with Gasteiger partial charge < -0.3 is 4.74 Å². The third-order valence-electron chi connectivity index (χ3n) is 5.22. The van der Waals surface area contributed by atoms with Gasteiger partial charge in [0.15, 0.2) is 0 Å². The zero-order chi connectivity index (χ0) is 19.7. The number of aromatic nitrogens is 2. The highest BCUT2D eigenvalue weighted by molar-refractivity contribution is 14.1. The van der Waals surface area contributed by atoms with E-state index in [1.165, 1.54) is 0 Å². The minimum atomic E-state index is -1.01. The number of fused-ring (bicyclic) bond motifs is 1. The van der Waals surface area contributed by atoms with Gasteiger partial charge in [0.1, 0.15) is 5.41 Å². The maximum atomic E-state index is 13.5. The maximum Gasteiger partial charge on any atom is 0.322 e. The van der Waals surface area contributed by atoms with E-state index in [1.54, 1.807) is 0 Å². The molecule has 0 aliphatic heterocycles. The van der Waals surface area contributed by atoms with Crippen molar-refractivity contribution < 1.29 is 9.53 Å². The monoisotopic (exact) mass is 506 g/mol. The van der Waals surface area contributed by atoms with Crippen LogP contribution in [0.25, 0.3) is 10.9 Å². The molecule has 1 saturated carbocycles. The molecule has 0 bridgehead atoms. The number of hydrogen-bond donors (Lipinski definition) is 0. The summed E-state index contributed by atoms with van der Waals surface area (Å²) in [5, 5.41) is 0.984. The molecule has 4 rings (SSSR count). The molecule has 1 fully saturated rings. The zero-order valence-corrected chi connectivity index (χ0v) is 18.4. The number of carbonyl (C=O) groups is 1.